The molecule has 11 nitrogen and oxygen atoms in total. The van der Waals surface area contributed by atoms with Crippen LogP contribution in [0.15, 0.2) is 57.2 Å². The number of hydrogen-bond donors (Lipinski definition) is 3. The monoisotopic (exact) mass is 514 g/mol. The maximum atomic E-state index is 12.9. The van der Waals surface area contributed by atoms with Gasteiger partial charge < -0.3 is 20.2 Å². The van der Waals surface area contributed by atoms with E-state index < -0.39 is 31.3 Å². The predicted molar refractivity (Wildman–Crippen MR) is 136 cm³/mol. The number of rotatable bonds is 10. The molecule has 12 heteroatoms. The molecule has 3 atom stereocenters. The molecule has 4 rings (SSSR count). The third-order valence-corrected chi connectivity index (χ3v) is 6.46. The molecule has 36 heavy (non-hydrogen) atoms. The van der Waals surface area contributed by atoms with Crippen molar-refractivity contribution in [1.82, 2.24) is 15.1 Å². The molecule has 1 fully saturated rings. The lowest BCUT2D eigenvalue weighted by Gasteiger charge is -2.46. The average molecular weight is 515 g/mol. The van der Waals surface area contributed by atoms with Crippen molar-refractivity contribution in [1.29, 1.82) is 0 Å². The fourth-order valence-corrected chi connectivity index (χ4v) is 4.39. The number of carbonyl (C=O) groups is 1. The number of hydrogen-bond acceptors (Lipinski definition) is 9. The average Bonchev–Trinajstić information content (AvgIpc) is 3.19. The van der Waals surface area contributed by atoms with Crippen LogP contribution in [0.5, 0.6) is 0 Å². The minimum atomic E-state index is -1.42. The van der Waals surface area contributed by atoms with Crippen LogP contribution in [-0.2, 0) is 13.0 Å². The topological polar surface area (TPSA) is 140 Å². The molecule has 2 aromatic carbocycles. The van der Waals surface area contributed by atoms with Crippen molar-refractivity contribution in [2.45, 2.75) is 45.5 Å². The summed E-state index contributed by atoms with van der Waals surface area (Å²) in [7, 11) is 0. The third-order valence-electron chi connectivity index (χ3n) is 6.21. The van der Waals surface area contributed by atoms with Crippen molar-refractivity contribution in [3.8, 4) is 0 Å². The number of amides is 2. The quantitative estimate of drug-likeness (QED) is 0.341. The zero-order valence-corrected chi connectivity index (χ0v) is 20.6. The number of halogens is 1. The predicted octanol–water partition coefficient (Wildman–Crippen LogP) is 4.36. The van der Waals surface area contributed by atoms with E-state index in [1.807, 2.05) is 44.2 Å². The van der Waals surface area contributed by atoms with Gasteiger partial charge in [0.15, 0.2) is 12.6 Å². The summed E-state index contributed by atoms with van der Waals surface area (Å²) in [6, 6.07) is 11.0. The molecule has 0 spiro atoms. The molecular formula is C24H27ClN6O5. The molecule has 1 aliphatic rings. The van der Waals surface area contributed by atoms with Crippen molar-refractivity contribution in [2.24, 2.45) is 10.4 Å². The van der Waals surface area contributed by atoms with E-state index in [4.69, 9.17) is 16.0 Å². The number of fused-ring (bicyclic) bond motifs is 1. The number of anilines is 1. The van der Waals surface area contributed by atoms with E-state index in [0.717, 1.165) is 39.2 Å². The Bertz CT molecular complexity index is 1250. The first-order valence-electron chi connectivity index (χ1n) is 11.5. The smallest absolute Gasteiger partial charge is 0.323 e. The largest absolute Gasteiger partial charge is 0.461 e. The van der Waals surface area contributed by atoms with Crippen molar-refractivity contribution < 1.29 is 14.3 Å². The van der Waals surface area contributed by atoms with Gasteiger partial charge in [0, 0.05) is 29.1 Å². The van der Waals surface area contributed by atoms with Gasteiger partial charge in [0.1, 0.15) is 23.9 Å². The number of benzene rings is 2. The Kier molecular flexibility index (Phi) is 7.82. The number of nitrogens with one attached hydrogen (secondary N) is 2. The molecule has 1 saturated heterocycles. The van der Waals surface area contributed by atoms with Crippen LogP contribution in [0.3, 0.4) is 0 Å². The Labute approximate surface area is 212 Å². The molecule has 3 N–H and O–H groups in total. The lowest BCUT2D eigenvalue weighted by atomic mass is 10.1. The van der Waals surface area contributed by atoms with Gasteiger partial charge >= 0.3 is 6.03 Å². The van der Waals surface area contributed by atoms with Crippen molar-refractivity contribution in [3.05, 3.63) is 74.2 Å². The number of nitroso groups, excluding NO2 is 2. The number of aliphatic hydroxyl groups is 1. The van der Waals surface area contributed by atoms with E-state index in [1.54, 1.807) is 17.0 Å². The molecule has 0 radical (unpaired) electrons. The Morgan fingerprint density at radius 1 is 1.22 bits per heavy atom. The normalized spacial score (nSPS) is 19.2. The first-order chi connectivity index (χ1) is 17.3. The minimum Gasteiger partial charge on any atom is -0.461 e. The lowest BCUT2D eigenvalue weighted by Crippen LogP contribution is -2.70. The van der Waals surface area contributed by atoms with Gasteiger partial charge in [-0.15, -0.1) is 0 Å². The van der Waals surface area contributed by atoms with Gasteiger partial charge in [0.2, 0.25) is 0 Å². The van der Waals surface area contributed by atoms with Crippen LogP contribution < -0.4 is 10.6 Å². The number of carbonyl (C=O) groups excluding carboxylic acids is 1. The first-order valence-corrected chi connectivity index (χ1v) is 11.9. The van der Waals surface area contributed by atoms with Crippen LogP contribution in [0.25, 0.3) is 11.0 Å². The second-order valence-electron chi connectivity index (χ2n) is 8.58. The number of aliphatic hydroxyl groups excluding tert-OH is 1. The summed E-state index contributed by atoms with van der Waals surface area (Å²) in [6.07, 6.45) is -1.45. The summed E-state index contributed by atoms with van der Waals surface area (Å²) in [5.74, 6) is 0.909. The number of nitrogens with zero attached hydrogens (tertiary/aromatic N) is 4. The van der Waals surface area contributed by atoms with Gasteiger partial charge in [-0.1, -0.05) is 41.0 Å². The summed E-state index contributed by atoms with van der Waals surface area (Å²) in [5, 5.41) is 24.3. The fourth-order valence-electron chi connectivity index (χ4n) is 4.26. The minimum absolute atomic E-state index is 0.227. The highest BCUT2D eigenvalue weighted by molar-refractivity contribution is 6.30. The van der Waals surface area contributed by atoms with Crippen LogP contribution >= 0.6 is 11.6 Å². The summed E-state index contributed by atoms with van der Waals surface area (Å²) in [6.45, 7) is 3.58. The van der Waals surface area contributed by atoms with Gasteiger partial charge in [0.05, 0.1) is 6.54 Å². The summed E-state index contributed by atoms with van der Waals surface area (Å²) in [5.41, 5.74) is 3.35. The molecule has 0 bridgehead atoms. The van der Waals surface area contributed by atoms with E-state index in [0.29, 0.717) is 10.7 Å². The van der Waals surface area contributed by atoms with E-state index >= 15 is 0 Å². The van der Waals surface area contributed by atoms with Crippen LogP contribution in [0.1, 0.15) is 23.8 Å². The van der Waals surface area contributed by atoms with Crippen LogP contribution in [0.4, 0.5) is 10.5 Å². The Morgan fingerprint density at radius 3 is 2.64 bits per heavy atom. The second-order valence-corrected chi connectivity index (χ2v) is 9.02. The highest BCUT2D eigenvalue weighted by Gasteiger charge is 2.40. The number of urea groups is 1. The molecule has 1 aromatic heterocycles. The lowest BCUT2D eigenvalue weighted by molar-refractivity contribution is -0.133. The molecule has 2 heterocycles. The molecule has 1 aliphatic heterocycles. The first kappa shape index (κ1) is 25.5. The molecular weight excluding hydrogens is 488 g/mol. The standard InChI is InChI=1S/C24H27ClN6O5/c1-3-20-14(2)19-10-17(8-9-21(19)36-20)27-22-28-23(32)31(13-18(29-35)11-26-34)24(33)30(22)12-15-4-6-16(25)7-5-15/h4-10,18,22,24,27,33H,3,11-13H2,1-2H3,(H,28,32)/t18-,22?,24?/m1/s1. The van der Waals surface area contributed by atoms with Crippen LogP contribution in [0.2, 0.25) is 5.02 Å². The second kappa shape index (κ2) is 11.0. The van der Waals surface area contributed by atoms with E-state index in [1.165, 1.54) is 0 Å². The molecule has 2 amide bonds. The van der Waals surface area contributed by atoms with E-state index in [-0.39, 0.29) is 13.1 Å². The zero-order chi connectivity index (χ0) is 25.8. The summed E-state index contributed by atoms with van der Waals surface area (Å²) < 4.78 is 5.89. The molecule has 0 saturated carbocycles. The maximum Gasteiger partial charge on any atom is 0.323 e. The van der Waals surface area contributed by atoms with Crippen LogP contribution in [0, 0.1) is 16.7 Å². The SMILES string of the molecule is CCc1oc2ccc(NC3NC(=O)N(C[C@@H](CN=O)N=O)C(O)N3Cc3ccc(Cl)cc3)cc2c1C. The van der Waals surface area contributed by atoms with Gasteiger partial charge in [-0.25, -0.2) is 9.69 Å². The molecule has 3 aromatic rings. The van der Waals surface area contributed by atoms with Crippen molar-refractivity contribution >= 4 is 34.3 Å². The zero-order valence-electron chi connectivity index (χ0n) is 19.8. The third kappa shape index (κ3) is 5.32. The van der Waals surface area contributed by atoms with Gasteiger partial charge in [-0.3, -0.25) is 4.90 Å². The highest BCUT2D eigenvalue weighted by atomic mass is 35.5. The summed E-state index contributed by atoms with van der Waals surface area (Å²) in [4.78, 5) is 37.3. The van der Waals surface area contributed by atoms with Gasteiger partial charge in [-0.2, -0.15) is 9.81 Å². The Balaban J connectivity index is 1.63. The van der Waals surface area contributed by atoms with Crippen molar-refractivity contribution in [2.75, 3.05) is 18.4 Å². The van der Waals surface area contributed by atoms with E-state index in [2.05, 4.69) is 21.0 Å². The van der Waals surface area contributed by atoms with Crippen LogP contribution in [-0.4, -0.2) is 52.7 Å². The fraction of sp³-hybridized carbons (Fsp3) is 0.375. The van der Waals surface area contributed by atoms with Gasteiger partial charge in [0.25, 0.3) is 0 Å². The highest BCUT2D eigenvalue weighted by Crippen LogP contribution is 2.29. The Hall–Kier alpha value is -3.54. The van der Waals surface area contributed by atoms with E-state index in [9.17, 15) is 19.7 Å². The number of furan rings is 1. The van der Waals surface area contributed by atoms with Gasteiger partial charge in [-0.05, 0) is 48.4 Å². The van der Waals surface area contributed by atoms with Crippen molar-refractivity contribution in [3.63, 3.8) is 0 Å². The number of aryl methyl sites for hydroxylation is 2. The molecule has 190 valence electrons. The maximum absolute atomic E-state index is 12.9. The molecule has 0 aliphatic carbocycles. The summed E-state index contributed by atoms with van der Waals surface area (Å²) >= 11 is 6.01. The Morgan fingerprint density at radius 2 is 1.97 bits per heavy atom. The molecule has 2 unspecified atom stereocenters.